The summed E-state index contributed by atoms with van der Waals surface area (Å²) in [5, 5.41) is 0.166. The Morgan fingerprint density at radius 2 is 1.84 bits per heavy atom. The van der Waals surface area contributed by atoms with Gasteiger partial charge in [0, 0.05) is 22.3 Å². The minimum atomic E-state index is -5.01. The molecule has 0 spiro atoms. The molecule has 0 atom stereocenters. The number of benzene rings is 1. The maximum absolute atomic E-state index is 12.3. The molecule has 0 aliphatic heterocycles. The fraction of sp³-hybridized carbons (Fsp3) is 0.100. The summed E-state index contributed by atoms with van der Waals surface area (Å²) in [6, 6.07) is 4.42. The molecule has 2 rings (SSSR count). The summed E-state index contributed by atoms with van der Waals surface area (Å²) in [7, 11) is 1.14. The normalized spacial score (nSPS) is 12.8. The number of carbonyl (C=O) groups excluding carboxylic acids is 1. The van der Waals surface area contributed by atoms with Crippen LogP contribution in [0.25, 0.3) is 10.9 Å². The van der Waals surface area contributed by atoms with E-state index in [-0.39, 0.29) is 15.8 Å². The van der Waals surface area contributed by atoms with Gasteiger partial charge in [-0.3, -0.25) is 9.36 Å². The fourth-order valence-electron chi connectivity index (χ4n) is 1.59. The predicted octanol–water partition coefficient (Wildman–Crippen LogP) is 2.77. The first kappa shape index (κ1) is 13.9. The first-order chi connectivity index (χ1) is 8.60. The third-order valence-electron chi connectivity index (χ3n) is 2.40. The lowest BCUT2D eigenvalue weighted by Gasteiger charge is -2.07. The number of carbonyl (C=O) groups is 1. The summed E-state index contributed by atoms with van der Waals surface area (Å²) in [5.41, 5.74) is -0.0496. The fourth-order valence-corrected chi connectivity index (χ4v) is 2.37. The highest BCUT2D eigenvalue weighted by atomic mass is 35.7. The molecule has 1 aromatic heterocycles. The Hall–Kier alpha value is -1.54. The smallest absolute Gasteiger partial charge is 0.279 e. The summed E-state index contributed by atoms with van der Waals surface area (Å²) in [6.07, 6.45) is -4.09. The van der Waals surface area contributed by atoms with Gasteiger partial charge < -0.3 is 0 Å². The number of aromatic nitrogens is 1. The maximum Gasteiger partial charge on any atom is 0.472 e. The Morgan fingerprint density at radius 1 is 1.21 bits per heavy atom. The van der Waals surface area contributed by atoms with Gasteiger partial charge in [0.05, 0.1) is 10.4 Å². The number of hydrogen-bond donors (Lipinski definition) is 0. The largest absolute Gasteiger partial charge is 0.472 e. The van der Waals surface area contributed by atoms with E-state index in [9.17, 15) is 26.4 Å². The molecule has 0 N–H and O–H groups in total. The summed E-state index contributed by atoms with van der Waals surface area (Å²) < 4.78 is 59.5. The quantitative estimate of drug-likeness (QED) is 0.761. The topological polar surface area (TPSA) is 56.1 Å². The van der Waals surface area contributed by atoms with Crippen molar-refractivity contribution in [1.29, 1.82) is 0 Å². The molecule has 0 aliphatic carbocycles. The van der Waals surface area contributed by atoms with Crippen LogP contribution in [0.2, 0.25) is 0 Å². The van der Waals surface area contributed by atoms with Crippen molar-refractivity contribution in [3.63, 3.8) is 0 Å². The maximum atomic E-state index is 12.3. The highest BCUT2D eigenvalue weighted by Crippen LogP contribution is 2.25. The first-order valence-electron chi connectivity index (χ1n) is 4.78. The molecule has 2 aromatic rings. The summed E-state index contributed by atoms with van der Waals surface area (Å²) in [6.45, 7) is 0. The number of nitrogens with zero attached hydrogens (tertiary/aromatic N) is 1. The number of fused-ring (bicyclic) bond motifs is 1. The van der Waals surface area contributed by atoms with Gasteiger partial charge in [0.15, 0.2) is 0 Å². The first-order valence-corrected chi connectivity index (χ1v) is 7.09. The Labute approximate surface area is 109 Å². The van der Waals surface area contributed by atoms with E-state index in [0.29, 0.717) is 4.57 Å². The van der Waals surface area contributed by atoms with E-state index in [1.807, 2.05) is 0 Å². The van der Waals surface area contributed by atoms with Gasteiger partial charge >= 0.3 is 12.1 Å². The van der Waals surface area contributed by atoms with Crippen molar-refractivity contribution < 1.29 is 26.4 Å². The van der Waals surface area contributed by atoms with Gasteiger partial charge in [0.1, 0.15) is 0 Å². The molecule has 1 heterocycles. The molecule has 0 fully saturated rings. The SMILES string of the molecule is O=C(n1ccc2cc(S(=O)(=O)Cl)ccc21)C(F)(F)F. The molecule has 0 bridgehead atoms. The minimum Gasteiger partial charge on any atom is -0.279 e. The molecule has 4 nitrogen and oxygen atoms in total. The lowest BCUT2D eigenvalue weighted by molar-refractivity contribution is -0.0942. The summed E-state index contributed by atoms with van der Waals surface area (Å²) in [5.74, 6) is -2.05. The van der Waals surface area contributed by atoms with Gasteiger partial charge in [0.25, 0.3) is 9.05 Å². The van der Waals surface area contributed by atoms with Crippen molar-refractivity contribution >= 4 is 36.5 Å². The van der Waals surface area contributed by atoms with Gasteiger partial charge in [-0.15, -0.1) is 0 Å². The van der Waals surface area contributed by atoms with Crippen LogP contribution in [0.5, 0.6) is 0 Å². The zero-order valence-electron chi connectivity index (χ0n) is 8.98. The van der Waals surface area contributed by atoms with E-state index >= 15 is 0 Å². The summed E-state index contributed by atoms with van der Waals surface area (Å²) >= 11 is 0. The second-order valence-electron chi connectivity index (χ2n) is 3.65. The van der Waals surface area contributed by atoms with Crippen molar-refractivity contribution in [1.82, 2.24) is 4.57 Å². The molecule has 0 saturated carbocycles. The van der Waals surface area contributed by atoms with Gasteiger partial charge in [-0.25, -0.2) is 8.42 Å². The van der Waals surface area contributed by atoms with Crippen LogP contribution in [0.15, 0.2) is 35.4 Å². The number of rotatable bonds is 1. The number of alkyl halides is 3. The van der Waals surface area contributed by atoms with Gasteiger partial charge in [-0.2, -0.15) is 13.2 Å². The zero-order chi connectivity index (χ0) is 14.4. The molecule has 0 aliphatic rings. The van der Waals surface area contributed by atoms with E-state index in [2.05, 4.69) is 0 Å². The lowest BCUT2D eigenvalue weighted by atomic mass is 10.2. The molecular formula is C10H5ClF3NO3S. The monoisotopic (exact) mass is 311 g/mol. The molecule has 9 heteroatoms. The van der Waals surface area contributed by atoms with Gasteiger partial charge in [-0.1, -0.05) is 0 Å². The predicted molar refractivity (Wildman–Crippen MR) is 61.7 cm³/mol. The van der Waals surface area contributed by atoms with Crippen molar-refractivity contribution in [3.8, 4) is 0 Å². The second kappa shape index (κ2) is 4.24. The van der Waals surface area contributed by atoms with Crippen molar-refractivity contribution in [3.05, 3.63) is 30.5 Å². The van der Waals surface area contributed by atoms with Crippen LogP contribution in [-0.2, 0) is 9.05 Å². The molecule has 102 valence electrons. The summed E-state index contributed by atoms with van der Waals surface area (Å²) in [4.78, 5) is 10.9. The van der Waals surface area contributed by atoms with Crippen LogP contribution < -0.4 is 0 Å². The third kappa shape index (κ3) is 2.59. The van der Waals surface area contributed by atoms with Crippen molar-refractivity contribution in [2.45, 2.75) is 11.1 Å². The average molecular weight is 312 g/mol. The van der Waals surface area contributed by atoms with E-state index in [1.54, 1.807) is 0 Å². The standard InChI is InChI=1S/C10H5ClF3NO3S/c11-19(17,18)7-1-2-8-6(5-7)3-4-15(8)9(16)10(12,13)14/h1-5H. The van der Waals surface area contributed by atoms with E-state index in [4.69, 9.17) is 10.7 Å². The highest BCUT2D eigenvalue weighted by molar-refractivity contribution is 8.13. The molecule has 0 amide bonds. The van der Waals surface area contributed by atoms with Crippen LogP contribution >= 0.6 is 10.7 Å². The second-order valence-corrected chi connectivity index (χ2v) is 6.21. The average Bonchev–Trinajstić information content (AvgIpc) is 2.67. The van der Waals surface area contributed by atoms with E-state index < -0.39 is 21.1 Å². The molecular weight excluding hydrogens is 307 g/mol. The van der Waals surface area contributed by atoms with Crippen molar-refractivity contribution in [2.75, 3.05) is 0 Å². The molecule has 0 unspecified atom stereocenters. The van der Waals surface area contributed by atoms with E-state index in [0.717, 1.165) is 24.4 Å². The van der Waals surface area contributed by atoms with Crippen LogP contribution in [0, 0.1) is 0 Å². The van der Waals surface area contributed by atoms with Gasteiger partial charge in [0.2, 0.25) is 0 Å². The van der Waals surface area contributed by atoms with Gasteiger partial charge in [-0.05, 0) is 24.3 Å². The Balaban J connectivity index is 2.61. The number of hydrogen-bond acceptors (Lipinski definition) is 3. The zero-order valence-corrected chi connectivity index (χ0v) is 10.6. The highest BCUT2D eigenvalue weighted by Gasteiger charge is 2.40. The van der Waals surface area contributed by atoms with Crippen LogP contribution in [0.1, 0.15) is 4.79 Å². The molecule has 0 saturated heterocycles. The van der Waals surface area contributed by atoms with Crippen LogP contribution in [0.4, 0.5) is 13.2 Å². The lowest BCUT2D eigenvalue weighted by Crippen LogP contribution is -2.28. The van der Waals surface area contributed by atoms with E-state index in [1.165, 1.54) is 6.07 Å². The Morgan fingerprint density at radius 3 is 2.37 bits per heavy atom. The third-order valence-corrected chi connectivity index (χ3v) is 3.76. The Bertz CT molecular complexity index is 764. The molecule has 0 radical (unpaired) electrons. The minimum absolute atomic E-state index is 0.0496. The molecule has 1 aromatic carbocycles. The number of halogens is 4. The van der Waals surface area contributed by atoms with Crippen LogP contribution in [0.3, 0.4) is 0 Å². The Kier molecular flexibility index (Phi) is 3.10. The van der Waals surface area contributed by atoms with Crippen molar-refractivity contribution in [2.24, 2.45) is 0 Å². The van der Waals surface area contributed by atoms with Crippen LogP contribution in [-0.4, -0.2) is 25.1 Å². The molecule has 19 heavy (non-hydrogen) atoms.